The first kappa shape index (κ1) is 24.1. The molecule has 0 fully saturated rings. The van der Waals surface area contributed by atoms with E-state index in [0.717, 1.165) is 5.56 Å². The maximum absolute atomic E-state index is 12.9. The maximum Gasteiger partial charge on any atom is 0.246 e. The molecule has 156 valence electrons. The highest BCUT2D eigenvalue weighted by atomic mass is 35.5. The number of amides is 1. The number of carbonyl (C=O) groups excluding carboxylic acids is 1. The Morgan fingerprint density at radius 3 is 2.46 bits per heavy atom. The number of nitrogens with zero attached hydrogens (tertiary/aromatic N) is 2. The van der Waals surface area contributed by atoms with Crippen LogP contribution in [0.15, 0.2) is 39.8 Å². The number of benzene rings is 1. The van der Waals surface area contributed by atoms with Gasteiger partial charge in [-0.15, -0.1) is 12.4 Å². The molecule has 1 unspecified atom stereocenters. The normalized spacial score (nSPS) is 12.3. The Balaban J connectivity index is 0.00000392. The van der Waals surface area contributed by atoms with Crippen molar-refractivity contribution in [2.24, 2.45) is 5.73 Å². The Kier molecular flexibility index (Phi) is 9.09. The van der Waals surface area contributed by atoms with Gasteiger partial charge in [0.1, 0.15) is 10.6 Å². The van der Waals surface area contributed by atoms with Gasteiger partial charge in [-0.05, 0) is 39.3 Å². The van der Waals surface area contributed by atoms with Crippen molar-refractivity contribution in [3.05, 3.63) is 47.3 Å². The lowest BCUT2D eigenvalue weighted by molar-refractivity contribution is -0.133. The average Bonchev–Trinajstić information content (AvgIpc) is 2.97. The fraction of sp³-hybridized carbons (Fsp3) is 0.444. The molecular weight excluding hydrogens is 404 g/mol. The molecule has 0 saturated heterocycles. The summed E-state index contributed by atoms with van der Waals surface area (Å²) in [4.78, 5) is 14.5. The minimum atomic E-state index is -3.93. The van der Waals surface area contributed by atoms with Crippen LogP contribution in [0.2, 0.25) is 0 Å². The van der Waals surface area contributed by atoms with Crippen molar-refractivity contribution in [2.75, 3.05) is 13.1 Å². The predicted octanol–water partition coefficient (Wildman–Crippen LogP) is 1.76. The molecule has 1 aromatic carbocycles. The van der Waals surface area contributed by atoms with E-state index in [4.69, 9.17) is 10.3 Å². The number of sulfonamides is 1. The van der Waals surface area contributed by atoms with Crippen molar-refractivity contribution in [3.8, 4) is 0 Å². The lowest BCUT2D eigenvalue weighted by atomic mass is 10.2. The standard InChI is InChI=1S/C18H26N4O4S.ClH/c1-13-17(15(3)26-20-13)27(24,25)21-14(2)18(23)22(11-7-10-19)12-16-8-5-4-6-9-16;/h4-6,8-9,14,21H,7,10-12,19H2,1-3H3;1H. The van der Waals surface area contributed by atoms with Crippen molar-refractivity contribution in [1.82, 2.24) is 14.8 Å². The predicted molar refractivity (Wildman–Crippen MR) is 109 cm³/mol. The first-order valence-corrected chi connectivity index (χ1v) is 10.2. The van der Waals surface area contributed by atoms with E-state index < -0.39 is 16.1 Å². The Morgan fingerprint density at radius 2 is 1.93 bits per heavy atom. The third kappa shape index (κ3) is 6.03. The first-order chi connectivity index (χ1) is 12.8. The molecule has 0 aliphatic heterocycles. The van der Waals surface area contributed by atoms with Gasteiger partial charge < -0.3 is 15.2 Å². The lowest BCUT2D eigenvalue weighted by Gasteiger charge is -2.26. The van der Waals surface area contributed by atoms with Gasteiger partial charge >= 0.3 is 0 Å². The smallest absolute Gasteiger partial charge is 0.246 e. The van der Waals surface area contributed by atoms with E-state index in [9.17, 15) is 13.2 Å². The zero-order valence-corrected chi connectivity index (χ0v) is 17.8. The third-order valence-corrected chi connectivity index (χ3v) is 5.88. The zero-order chi connectivity index (χ0) is 20.0. The number of hydrogen-bond donors (Lipinski definition) is 2. The summed E-state index contributed by atoms with van der Waals surface area (Å²) in [5, 5.41) is 3.66. The third-order valence-electron chi connectivity index (χ3n) is 4.10. The van der Waals surface area contributed by atoms with Crippen molar-refractivity contribution >= 4 is 28.3 Å². The van der Waals surface area contributed by atoms with E-state index in [2.05, 4.69) is 9.88 Å². The van der Waals surface area contributed by atoms with Gasteiger partial charge in [-0.2, -0.15) is 4.72 Å². The molecule has 0 saturated carbocycles. The minimum absolute atomic E-state index is 0. The highest BCUT2D eigenvalue weighted by molar-refractivity contribution is 7.89. The molecule has 28 heavy (non-hydrogen) atoms. The Morgan fingerprint density at radius 1 is 1.29 bits per heavy atom. The van der Waals surface area contributed by atoms with Gasteiger partial charge in [-0.3, -0.25) is 4.79 Å². The fourth-order valence-corrected chi connectivity index (χ4v) is 4.35. The number of nitrogens with two attached hydrogens (primary N) is 1. The van der Waals surface area contributed by atoms with Crippen LogP contribution in [-0.4, -0.2) is 43.5 Å². The SMILES string of the molecule is Cc1noc(C)c1S(=O)(=O)NC(C)C(=O)N(CCCN)Cc1ccccc1.Cl. The van der Waals surface area contributed by atoms with Gasteiger partial charge in [0.15, 0.2) is 5.76 Å². The highest BCUT2D eigenvalue weighted by Gasteiger charge is 2.30. The van der Waals surface area contributed by atoms with Crippen LogP contribution in [0.4, 0.5) is 0 Å². The van der Waals surface area contributed by atoms with Gasteiger partial charge in [-0.25, -0.2) is 8.42 Å². The largest absolute Gasteiger partial charge is 0.360 e. The monoisotopic (exact) mass is 430 g/mol. The molecule has 0 radical (unpaired) electrons. The second kappa shape index (κ2) is 10.6. The van der Waals surface area contributed by atoms with E-state index in [1.165, 1.54) is 13.8 Å². The molecule has 0 bridgehead atoms. The Bertz CT molecular complexity index is 851. The molecule has 1 atom stereocenters. The molecule has 8 nitrogen and oxygen atoms in total. The molecule has 2 rings (SSSR count). The van der Waals surface area contributed by atoms with Crippen LogP contribution in [0, 0.1) is 13.8 Å². The summed E-state index contributed by atoms with van der Waals surface area (Å²) < 4.78 is 32.6. The quantitative estimate of drug-likeness (QED) is 0.625. The molecule has 10 heteroatoms. The summed E-state index contributed by atoms with van der Waals surface area (Å²) in [6.45, 7) is 5.86. The summed E-state index contributed by atoms with van der Waals surface area (Å²) >= 11 is 0. The van der Waals surface area contributed by atoms with Crippen molar-refractivity contribution in [2.45, 2.75) is 44.7 Å². The Hall–Kier alpha value is -1.94. The van der Waals surface area contributed by atoms with E-state index >= 15 is 0 Å². The molecule has 1 heterocycles. The molecule has 0 aliphatic rings. The maximum atomic E-state index is 12.9. The van der Waals surface area contributed by atoms with Crippen LogP contribution in [0.1, 0.15) is 30.4 Å². The molecule has 3 N–H and O–H groups in total. The van der Waals surface area contributed by atoms with Gasteiger partial charge in [0, 0.05) is 13.1 Å². The number of hydrogen-bond acceptors (Lipinski definition) is 6. The molecule has 1 amide bonds. The van der Waals surface area contributed by atoms with E-state index in [1.807, 2.05) is 30.3 Å². The summed E-state index contributed by atoms with van der Waals surface area (Å²) in [5.74, 6) is -0.133. The average molecular weight is 431 g/mol. The van der Waals surface area contributed by atoms with Crippen LogP contribution in [0.5, 0.6) is 0 Å². The van der Waals surface area contributed by atoms with Crippen LogP contribution >= 0.6 is 12.4 Å². The van der Waals surface area contributed by atoms with Gasteiger partial charge in [0.05, 0.1) is 6.04 Å². The van der Waals surface area contributed by atoms with Crippen molar-refractivity contribution in [3.63, 3.8) is 0 Å². The van der Waals surface area contributed by atoms with E-state index in [-0.39, 0.29) is 34.7 Å². The van der Waals surface area contributed by atoms with E-state index in [0.29, 0.717) is 26.1 Å². The highest BCUT2D eigenvalue weighted by Crippen LogP contribution is 2.19. The number of aryl methyl sites for hydroxylation is 2. The van der Waals surface area contributed by atoms with Crippen molar-refractivity contribution in [1.29, 1.82) is 0 Å². The Labute approximate surface area is 171 Å². The minimum Gasteiger partial charge on any atom is -0.360 e. The second-order valence-electron chi connectivity index (χ2n) is 6.38. The van der Waals surface area contributed by atoms with Crippen LogP contribution in [0.25, 0.3) is 0 Å². The zero-order valence-electron chi connectivity index (χ0n) is 16.2. The molecule has 0 spiro atoms. The topological polar surface area (TPSA) is 119 Å². The number of aromatic nitrogens is 1. The molecular formula is C18H27ClN4O4S. The summed E-state index contributed by atoms with van der Waals surface area (Å²) in [6, 6.07) is 8.58. The number of rotatable bonds is 9. The van der Waals surface area contributed by atoms with Gasteiger partial charge in [0.2, 0.25) is 15.9 Å². The van der Waals surface area contributed by atoms with Crippen molar-refractivity contribution < 1.29 is 17.7 Å². The van der Waals surface area contributed by atoms with Gasteiger partial charge in [0.25, 0.3) is 0 Å². The first-order valence-electron chi connectivity index (χ1n) is 8.74. The summed E-state index contributed by atoms with van der Waals surface area (Å²) in [6.07, 6.45) is 0.627. The number of halogens is 1. The van der Waals surface area contributed by atoms with E-state index in [1.54, 1.807) is 11.8 Å². The van der Waals surface area contributed by atoms with Crippen LogP contribution in [0.3, 0.4) is 0 Å². The summed E-state index contributed by atoms with van der Waals surface area (Å²) in [7, 11) is -3.93. The second-order valence-corrected chi connectivity index (χ2v) is 8.03. The number of carbonyl (C=O) groups is 1. The van der Waals surface area contributed by atoms with Crippen LogP contribution in [-0.2, 0) is 21.4 Å². The summed E-state index contributed by atoms with van der Waals surface area (Å²) in [5.41, 5.74) is 6.79. The molecule has 1 aromatic heterocycles. The van der Waals surface area contributed by atoms with Gasteiger partial charge in [-0.1, -0.05) is 35.5 Å². The number of nitrogens with one attached hydrogen (secondary N) is 1. The lowest BCUT2D eigenvalue weighted by Crippen LogP contribution is -2.47. The molecule has 2 aromatic rings. The fourth-order valence-electron chi connectivity index (χ4n) is 2.83. The molecule has 0 aliphatic carbocycles. The van der Waals surface area contributed by atoms with Crippen LogP contribution < -0.4 is 10.5 Å².